The molecule has 0 saturated carbocycles. The van der Waals surface area contributed by atoms with Crippen molar-refractivity contribution in [3.8, 4) is 0 Å². The van der Waals surface area contributed by atoms with Gasteiger partial charge in [0.2, 0.25) is 0 Å². The first kappa shape index (κ1) is 16.3. The first-order valence-corrected chi connectivity index (χ1v) is 9.02. The van der Waals surface area contributed by atoms with E-state index in [1.165, 1.54) is 28.5 Å². The minimum absolute atomic E-state index is 0.326. The van der Waals surface area contributed by atoms with Crippen LogP contribution in [0.4, 0.5) is 9.39 Å². The van der Waals surface area contributed by atoms with Gasteiger partial charge in [0.1, 0.15) is 10.8 Å². The predicted molar refractivity (Wildman–Crippen MR) is 93.7 cm³/mol. The molecule has 1 heterocycles. The van der Waals surface area contributed by atoms with Crippen molar-refractivity contribution in [1.29, 1.82) is 0 Å². The van der Waals surface area contributed by atoms with Crippen LogP contribution in [0.1, 0.15) is 39.7 Å². The largest absolute Gasteiger partial charge is 0.462 e. The van der Waals surface area contributed by atoms with Gasteiger partial charge in [0, 0.05) is 21.1 Å². The number of hydrogen-bond donors (Lipinski definition) is 0. The van der Waals surface area contributed by atoms with Gasteiger partial charge in [0.25, 0.3) is 0 Å². The molecule has 0 amide bonds. The van der Waals surface area contributed by atoms with Crippen molar-refractivity contribution in [1.82, 2.24) is 0 Å². The number of aliphatic imine (C=N–C) groups is 1. The van der Waals surface area contributed by atoms with Crippen molar-refractivity contribution >= 4 is 44.5 Å². The molecule has 23 heavy (non-hydrogen) atoms. The van der Waals surface area contributed by atoms with E-state index in [1.807, 2.05) is 0 Å². The normalized spacial score (nSPS) is 13.5. The number of ether oxygens (including phenoxy) is 1. The number of thiophene rings is 1. The minimum Gasteiger partial charge on any atom is -0.462 e. The van der Waals surface area contributed by atoms with Crippen molar-refractivity contribution in [3.63, 3.8) is 0 Å². The third-order valence-corrected chi connectivity index (χ3v) is 5.35. The molecule has 3 rings (SSSR count). The van der Waals surface area contributed by atoms with Gasteiger partial charge in [0.05, 0.1) is 12.2 Å². The van der Waals surface area contributed by atoms with Crippen LogP contribution in [0.2, 0.25) is 0 Å². The van der Waals surface area contributed by atoms with Gasteiger partial charge in [-0.25, -0.2) is 14.2 Å². The number of carbonyl (C=O) groups is 1. The maximum atomic E-state index is 13.8. The molecule has 3 nitrogen and oxygen atoms in total. The maximum absolute atomic E-state index is 13.8. The molecule has 0 bridgehead atoms. The Bertz CT molecular complexity index is 785. The molecule has 0 aliphatic heterocycles. The molecular weight excluding hydrogens is 381 g/mol. The fourth-order valence-electron chi connectivity index (χ4n) is 2.64. The fourth-order valence-corrected chi connectivity index (χ4v) is 4.24. The molecule has 1 aromatic heterocycles. The Morgan fingerprint density at radius 3 is 3.09 bits per heavy atom. The van der Waals surface area contributed by atoms with E-state index in [1.54, 1.807) is 19.1 Å². The number of benzene rings is 1. The maximum Gasteiger partial charge on any atom is 0.341 e. The Balaban J connectivity index is 1.98. The summed E-state index contributed by atoms with van der Waals surface area (Å²) in [7, 11) is 0. The SMILES string of the molecule is CCOC(=O)c1c(/N=C/c2cc(Br)ccc2F)sc2c1CCC2. The van der Waals surface area contributed by atoms with Gasteiger partial charge in [-0.1, -0.05) is 15.9 Å². The third-order valence-electron chi connectivity index (χ3n) is 3.66. The molecule has 1 aromatic carbocycles. The van der Waals surface area contributed by atoms with Crippen LogP contribution in [0.3, 0.4) is 0 Å². The van der Waals surface area contributed by atoms with Crippen LogP contribution in [-0.2, 0) is 17.6 Å². The second-order valence-electron chi connectivity index (χ2n) is 5.18. The number of nitrogens with zero attached hydrogens (tertiary/aromatic N) is 1. The van der Waals surface area contributed by atoms with Crippen molar-refractivity contribution in [2.24, 2.45) is 4.99 Å². The van der Waals surface area contributed by atoms with Crippen LogP contribution in [0.5, 0.6) is 0 Å². The van der Waals surface area contributed by atoms with E-state index in [0.29, 0.717) is 22.7 Å². The topological polar surface area (TPSA) is 38.7 Å². The van der Waals surface area contributed by atoms with Crippen LogP contribution in [0.15, 0.2) is 27.7 Å². The average Bonchev–Trinajstić information content (AvgIpc) is 3.08. The molecule has 1 aliphatic carbocycles. The van der Waals surface area contributed by atoms with Crippen molar-refractivity contribution < 1.29 is 13.9 Å². The molecule has 0 atom stereocenters. The van der Waals surface area contributed by atoms with Crippen molar-refractivity contribution in [2.45, 2.75) is 26.2 Å². The molecule has 120 valence electrons. The fraction of sp³-hybridized carbons (Fsp3) is 0.294. The Kier molecular flexibility index (Phi) is 4.92. The van der Waals surface area contributed by atoms with E-state index in [4.69, 9.17) is 4.74 Å². The summed E-state index contributed by atoms with van der Waals surface area (Å²) >= 11 is 4.82. The molecule has 2 aromatic rings. The zero-order chi connectivity index (χ0) is 16.4. The lowest BCUT2D eigenvalue weighted by Crippen LogP contribution is -2.06. The van der Waals surface area contributed by atoms with Crippen LogP contribution >= 0.6 is 27.3 Å². The van der Waals surface area contributed by atoms with Gasteiger partial charge in [0.15, 0.2) is 0 Å². The number of hydrogen-bond acceptors (Lipinski definition) is 4. The zero-order valence-corrected chi connectivity index (χ0v) is 15.0. The number of fused-ring (bicyclic) bond motifs is 1. The minimum atomic E-state index is -0.348. The monoisotopic (exact) mass is 395 g/mol. The highest BCUT2D eigenvalue weighted by atomic mass is 79.9. The van der Waals surface area contributed by atoms with Crippen LogP contribution < -0.4 is 0 Å². The Labute approximate surface area is 146 Å². The van der Waals surface area contributed by atoms with Crippen LogP contribution in [0, 0.1) is 5.82 Å². The van der Waals surface area contributed by atoms with E-state index in [9.17, 15) is 9.18 Å². The third kappa shape index (κ3) is 3.38. The van der Waals surface area contributed by atoms with Crippen LogP contribution in [0.25, 0.3) is 0 Å². The molecule has 0 saturated heterocycles. The van der Waals surface area contributed by atoms with Gasteiger partial charge in [-0.15, -0.1) is 11.3 Å². The molecule has 0 fully saturated rings. The lowest BCUT2D eigenvalue weighted by Gasteiger charge is -2.03. The highest BCUT2D eigenvalue weighted by molar-refractivity contribution is 9.10. The van der Waals surface area contributed by atoms with Gasteiger partial charge in [-0.3, -0.25) is 0 Å². The Morgan fingerprint density at radius 1 is 1.48 bits per heavy atom. The van der Waals surface area contributed by atoms with E-state index < -0.39 is 0 Å². The summed E-state index contributed by atoms with van der Waals surface area (Å²) in [6.45, 7) is 2.11. The first-order valence-electron chi connectivity index (χ1n) is 7.41. The Morgan fingerprint density at radius 2 is 2.30 bits per heavy atom. The van der Waals surface area contributed by atoms with Crippen molar-refractivity contribution in [2.75, 3.05) is 6.61 Å². The van der Waals surface area contributed by atoms with Gasteiger partial charge < -0.3 is 4.74 Å². The molecular formula is C17H15BrFNO2S. The summed E-state index contributed by atoms with van der Waals surface area (Å²) in [4.78, 5) is 17.8. The summed E-state index contributed by atoms with van der Waals surface area (Å²) in [6, 6.07) is 4.67. The highest BCUT2D eigenvalue weighted by Crippen LogP contribution is 2.41. The zero-order valence-electron chi connectivity index (χ0n) is 12.6. The summed E-state index contributed by atoms with van der Waals surface area (Å²) in [5.74, 6) is -0.688. The van der Waals surface area contributed by atoms with Crippen molar-refractivity contribution in [3.05, 3.63) is 50.1 Å². The number of halogens is 2. The average molecular weight is 396 g/mol. The predicted octanol–water partition coefficient (Wildman–Crippen LogP) is 5.07. The molecule has 0 spiro atoms. The molecule has 6 heteroatoms. The summed E-state index contributed by atoms with van der Waals surface area (Å²) in [6.07, 6.45) is 4.36. The summed E-state index contributed by atoms with van der Waals surface area (Å²) in [5.41, 5.74) is 1.98. The summed E-state index contributed by atoms with van der Waals surface area (Å²) in [5, 5.41) is 0.604. The number of aryl methyl sites for hydroxylation is 1. The lowest BCUT2D eigenvalue weighted by atomic mass is 10.1. The molecule has 0 radical (unpaired) electrons. The standard InChI is InChI=1S/C17H15BrFNO2S/c1-2-22-17(21)15-12-4-3-5-14(12)23-16(15)20-9-10-8-11(18)6-7-13(10)19/h6-9H,2-5H2,1H3/b20-9+. The molecule has 0 unspecified atom stereocenters. The first-order chi connectivity index (χ1) is 11.1. The van der Waals surface area contributed by atoms with Gasteiger partial charge >= 0.3 is 5.97 Å². The second-order valence-corrected chi connectivity index (χ2v) is 7.18. The quantitative estimate of drug-likeness (QED) is 0.535. The van der Waals surface area contributed by atoms with Gasteiger partial charge in [-0.2, -0.15) is 0 Å². The lowest BCUT2D eigenvalue weighted by molar-refractivity contribution is 0.0527. The second kappa shape index (κ2) is 6.93. The molecule has 0 N–H and O–H groups in total. The van der Waals surface area contributed by atoms with E-state index in [2.05, 4.69) is 20.9 Å². The van der Waals surface area contributed by atoms with E-state index in [0.717, 1.165) is 29.3 Å². The number of rotatable bonds is 4. The van der Waals surface area contributed by atoms with Gasteiger partial charge in [-0.05, 0) is 49.9 Å². The Hall–Kier alpha value is -1.53. The summed E-state index contributed by atoms with van der Waals surface area (Å²) < 4.78 is 19.8. The van der Waals surface area contributed by atoms with E-state index >= 15 is 0 Å². The van der Waals surface area contributed by atoms with E-state index in [-0.39, 0.29) is 11.8 Å². The van der Waals surface area contributed by atoms with Crippen LogP contribution in [-0.4, -0.2) is 18.8 Å². The highest BCUT2D eigenvalue weighted by Gasteiger charge is 2.27. The number of esters is 1. The molecule has 1 aliphatic rings. The smallest absolute Gasteiger partial charge is 0.341 e. The number of carbonyl (C=O) groups excluding carboxylic acids is 1.